The first-order valence-corrected chi connectivity index (χ1v) is 5.78. The summed E-state index contributed by atoms with van der Waals surface area (Å²) in [6.45, 7) is 3.27. The lowest BCUT2D eigenvalue weighted by Gasteiger charge is -2.07. The van der Waals surface area contributed by atoms with Crippen LogP contribution in [0.25, 0.3) is 0 Å². The molecule has 0 spiro atoms. The number of hydrogen-bond acceptors (Lipinski definition) is 2. The van der Waals surface area contributed by atoms with Gasteiger partial charge in [-0.15, -0.1) is 0 Å². The van der Waals surface area contributed by atoms with Gasteiger partial charge in [-0.1, -0.05) is 15.9 Å². The Balaban J connectivity index is 2.31. The van der Waals surface area contributed by atoms with Gasteiger partial charge in [0.15, 0.2) is 0 Å². The van der Waals surface area contributed by atoms with Gasteiger partial charge >= 0.3 is 0 Å². The summed E-state index contributed by atoms with van der Waals surface area (Å²) in [7, 11) is 0. The van der Waals surface area contributed by atoms with E-state index in [0.29, 0.717) is 19.6 Å². The van der Waals surface area contributed by atoms with Gasteiger partial charge in [0, 0.05) is 31.0 Å². The van der Waals surface area contributed by atoms with Gasteiger partial charge in [-0.25, -0.2) is 4.39 Å². The molecule has 0 saturated heterocycles. The summed E-state index contributed by atoms with van der Waals surface area (Å²) in [6, 6.07) is 4.57. The molecule has 0 bridgehead atoms. The summed E-state index contributed by atoms with van der Waals surface area (Å²) >= 11 is 3.35. The molecule has 1 amide bonds. The Morgan fingerprint density at radius 3 is 2.88 bits per heavy atom. The van der Waals surface area contributed by atoms with Crippen LogP contribution in [0, 0.1) is 5.82 Å². The normalized spacial score (nSPS) is 10.2. The van der Waals surface area contributed by atoms with Crippen molar-refractivity contribution in [3.05, 3.63) is 34.1 Å². The average Bonchev–Trinajstić information content (AvgIpc) is 2.22. The van der Waals surface area contributed by atoms with Crippen LogP contribution < -0.4 is 10.6 Å². The second-order valence-corrected chi connectivity index (χ2v) is 4.25. The van der Waals surface area contributed by atoms with Crippen molar-refractivity contribution in [2.45, 2.75) is 13.5 Å². The highest BCUT2D eigenvalue weighted by molar-refractivity contribution is 9.10. The summed E-state index contributed by atoms with van der Waals surface area (Å²) in [4.78, 5) is 10.6. The van der Waals surface area contributed by atoms with Gasteiger partial charge in [0.2, 0.25) is 5.91 Å². The van der Waals surface area contributed by atoms with Gasteiger partial charge in [-0.05, 0) is 23.8 Å². The highest BCUT2D eigenvalue weighted by atomic mass is 79.9. The quantitative estimate of drug-likeness (QED) is 0.812. The third kappa shape index (κ3) is 4.72. The van der Waals surface area contributed by atoms with Crippen LogP contribution in [-0.2, 0) is 11.3 Å². The molecule has 0 atom stereocenters. The fourth-order valence-electron chi connectivity index (χ4n) is 1.23. The number of halogens is 2. The molecule has 1 rings (SSSR count). The molecule has 0 radical (unpaired) electrons. The minimum absolute atomic E-state index is 0.0475. The number of benzene rings is 1. The van der Waals surface area contributed by atoms with Crippen LogP contribution in [0.5, 0.6) is 0 Å². The Morgan fingerprint density at radius 1 is 1.44 bits per heavy atom. The number of rotatable bonds is 5. The van der Waals surface area contributed by atoms with E-state index in [-0.39, 0.29) is 11.7 Å². The highest BCUT2D eigenvalue weighted by Gasteiger charge is 2.01. The van der Waals surface area contributed by atoms with Gasteiger partial charge in [0.05, 0.1) is 0 Å². The Hall–Kier alpha value is -0.940. The van der Waals surface area contributed by atoms with Gasteiger partial charge in [-0.3, -0.25) is 4.79 Å². The van der Waals surface area contributed by atoms with Crippen molar-refractivity contribution < 1.29 is 9.18 Å². The molecule has 1 aromatic rings. The molecule has 1 aromatic carbocycles. The molecule has 88 valence electrons. The van der Waals surface area contributed by atoms with Crippen molar-refractivity contribution in [1.82, 2.24) is 10.6 Å². The lowest BCUT2D eigenvalue weighted by Crippen LogP contribution is -2.29. The number of nitrogens with one attached hydrogen (secondary N) is 2. The molecule has 0 aliphatic heterocycles. The van der Waals surface area contributed by atoms with Crippen LogP contribution in [0.1, 0.15) is 12.5 Å². The smallest absolute Gasteiger partial charge is 0.216 e. The number of hydrogen-bond donors (Lipinski definition) is 2. The van der Waals surface area contributed by atoms with Crippen molar-refractivity contribution in [1.29, 1.82) is 0 Å². The van der Waals surface area contributed by atoms with Crippen LogP contribution in [0.3, 0.4) is 0 Å². The summed E-state index contributed by atoms with van der Waals surface area (Å²) in [5.74, 6) is -0.296. The van der Waals surface area contributed by atoms with E-state index in [9.17, 15) is 9.18 Å². The number of carbonyl (C=O) groups is 1. The number of amides is 1. The van der Waals surface area contributed by atoms with Crippen LogP contribution in [0.15, 0.2) is 22.7 Å². The molecule has 3 nitrogen and oxygen atoms in total. The number of carbonyl (C=O) groups excluding carboxylic acids is 1. The molecule has 0 fully saturated rings. The maximum atomic E-state index is 12.9. The van der Waals surface area contributed by atoms with Gasteiger partial charge < -0.3 is 10.6 Å². The van der Waals surface area contributed by atoms with E-state index < -0.39 is 0 Å². The molecule has 0 aliphatic carbocycles. The Labute approximate surface area is 103 Å². The Kier molecular flexibility index (Phi) is 5.42. The molecule has 0 unspecified atom stereocenters. The Morgan fingerprint density at radius 2 is 2.19 bits per heavy atom. The molecule has 0 heterocycles. The second-order valence-electron chi connectivity index (χ2n) is 3.40. The lowest BCUT2D eigenvalue weighted by atomic mass is 10.2. The lowest BCUT2D eigenvalue weighted by molar-refractivity contribution is -0.118. The van der Waals surface area contributed by atoms with Crippen molar-refractivity contribution in [2.24, 2.45) is 0 Å². The molecule has 0 saturated carbocycles. The minimum atomic E-state index is -0.248. The average molecular weight is 289 g/mol. The van der Waals surface area contributed by atoms with Crippen LogP contribution in [0.2, 0.25) is 0 Å². The minimum Gasteiger partial charge on any atom is -0.355 e. The van der Waals surface area contributed by atoms with Crippen LogP contribution in [-0.4, -0.2) is 19.0 Å². The Bertz CT molecular complexity index is 371. The summed E-state index contributed by atoms with van der Waals surface area (Å²) in [5, 5.41) is 5.78. The predicted molar refractivity (Wildman–Crippen MR) is 64.5 cm³/mol. The molecule has 2 N–H and O–H groups in total. The van der Waals surface area contributed by atoms with Gasteiger partial charge in [-0.2, -0.15) is 0 Å². The third-order valence-corrected chi connectivity index (χ3v) is 2.77. The first kappa shape index (κ1) is 13.1. The van der Waals surface area contributed by atoms with Crippen LogP contribution >= 0.6 is 15.9 Å². The summed E-state index contributed by atoms with van der Waals surface area (Å²) in [5.41, 5.74) is 0.864. The molecular formula is C11H14BrFN2O. The third-order valence-electron chi connectivity index (χ3n) is 2.00. The summed E-state index contributed by atoms with van der Waals surface area (Å²) < 4.78 is 13.8. The monoisotopic (exact) mass is 288 g/mol. The maximum absolute atomic E-state index is 12.9. The van der Waals surface area contributed by atoms with Crippen molar-refractivity contribution in [3.63, 3.8) is 0 Å². The zero-order valence-electron chi connectivity index (χ0n) is 9.02. The van der Waals surface area contributed by atoms with Crippen molar-refractivity contribution in [2.75, 3.05) is 13.1 Å². The van der Waals surface area contributed by atoms with Crippen molar-refractivity contribution >= 4 is 21.8 Å². The summed E-state index contributed by atoms with van der Waals surface area (Å²) in [6.07, 6.45) is 0. The molecule has 0 aliphatic rings. The largest absolute Gasteiger partial charge is 0.355 e. The molecule has 5 heteroatoms. The predicted octanol–water partition coefficient (Wildman–Crippen LogP) is 1.81. The first-order valence-electron chi connectivity index (χ1n) is 4.98. The molecule has 16 heavy (non-hydrogen) atoms. The molecular weight excluding hydrogens is 275 g/mol. The fourth-order valence-corrected chi connectivity index (χ4v) is 1.62. The van der Waals surface area contributed by atoms with E-state index in [0.717, 1.165) is 10.0 Å². The van der Waals surface area contributed by atoms with E-state index in [2.05, 4.69) is 26.6 Å². The van der Waals surface area contributed by atoms with E-state index in [1.54, 1.807) is 6.07 Å². The second kappa shape index (κ2) is 6.60. The fraction of sp³-hybridized carbons (Fsp3) is 0.364. The topological polar surface area (TPSA) is 41.1 Å². The van der Waals surface area contributed by atoms with E-state index in [1.807, 2.05) is 0 Å². The van der Waals surface area contributed by atoms with E-state index in [4.69, 9.17) is 0 Å². The zero-order chi connectivity index (χ0) is 12.0. The zero-order valence-corrected chi connectivity index (χ0v) is 10.6. The van der Waals surface area contributed by atoms with Gasteiger partial charge in [0.25, 0.3) is 0 Å². The molecule has 0 aromatic heterocycles. The maximum Gasteiger partial charge on any atom is 0.216 e. The first-order chi connectivity index (χ1) is 7.59. The van der Waals surface area contributed by atoms with E-state index in [1.165, 1.54) is 19.1 Å². The van der Waals surface area contributed by atoms with E-state index >= 15 is 0 Å². The highest BCUT2D eigenvalue weighted by Crippen LogP contribution is 2.17. The van der Waals surface area contributed by atoms with Crippen LogP contribution in [0.4, 0.5) is 4.39 Å². The standard InChI is InChI=1S/C11H14BrFN2O/c1-8(16)15-5-4-14-7-9-6-10(13)2-3-11(9)12/h2-3,6,14H,4-5,7H2,1H3,(H,15,16). The van der Waals surface area contributed by atoms with Crippen molar-refractivity contribution in [3.8, 4) is 0 Å². The SMILES string of the molecule is CC(=O)NCCNCc1cc(F)ccc1Br. The van der Waals surface area contributed by atoms with Gasteiger partial charge in [0.1, 0.15) is 5.82 Å².